The number of benzene rings is 1. The lowest BCUT2D eigenvalue weighted by Gasteiger charge is -2.36. The summed E-state index contributed by atoms with van der Waals surface area (Å²) >= 11 is 5.90. The lowest BCUT2D eigenvalue weighted by atomic mass is 10.1. The van der Waals surface area contributed by atoms with Gasteiger partial charge in [-0.1, -0.05) is 11.6 Å². The number of aryl methyl sites for hydroxylation is 1. The van der Waals surface area contributed by atoms with Gasteiger partial charge in [-0.3, -0.25) is 10.1 Å². The zero-order chi connectivity index (χ0) is 15.6. The van der Waals surface area contributed by atoms with E-state index < -0.39 is 4.92 Å². The van der Waals surface area contributed by atoms with Gasteiger partial charge in [-0.2, -0.15) is 0 Å². The number of halogens is 1. The summed E-state index contributed by atoms with van der Waals surface area (Å²) in [6.45, 7) is 7.66. The molecule has 0 spiro atoms. The maximum Gasteiger partial charge on any atom is 0.288 e. The van der Waals surface area contributed by atoms with Crippen molar-refractivity contribution in [2.75, 3.05) is 19.7 Å². The van der Waals surface area contributed by atoms with E-state index in [2.05, 4.69) is 5.32 Å². The predicted octanol–water partition coefficient (Wildman–Crippen LogP) is 2.70. The molecule has 1 aliphatic rings. The second-order valence-electron chi connectivity index (χ2n) is 5.77. The van der Waals surface area contributed by atoms with Gasteiger partial charge in [-0.25, -0.2) is 0 Å². The fraction of sp³-hybridized carbons (Fsp3) is 0.571. The topological polar surface area (TPSA) is 73.6 Å². The van der Waals surface area contributed by atoms with Gasteiger partial charge in [0.1, 0.15) is 23.5 Å². The molecule has 1 aromatic rings. The van der Waals surface area contributed by atoms with E-state index >= 15 is 0 Å². The minimum atomic E-state index is -0.504. The normalized spacial score (nSPS) is 21.0. The van der Waals surface area contributed by atoms with E-state index in [-0.39, 0.29) is 22.4 Å². The summed E-state index contributed by atoms with van der Waals surface area (Å²) in [4.78, 5) is 10.3. The number of nitrogens with one attached hydrogen (secondary N) is 1. The number of hydrogen-bond acceptors (Lipinski definition) is 5. The van der Waals surface area contributed by atoms with Crippen molar-refractivity contribution in [2.45, 2.75) is 32.5 Å². The van der Waals surface area contributed by atoms with Crippen molar-refractivity contribution in [1.29, 1.82) is 0 Å². The molecule has 1 fully saturated rings. The molecule has 1 atom stereocenters. The molecule has 1 N–H and O–H groups in total. The summed E-state index contributed by atoms with van der Waals surface area (Å²) in [5.41, 5.74) is 0.335. The van der Waals surface area contributed by atoms with Crippen molar-refractivity contribution in [3.05, 3.63) is 32.8 Å². The van der Waals surface area contributed by atoms with E-state index in [9.17, 15) is 10.1 Å². The number of nitro groups is 1. The van der Waals surface area contributed by atoms with E-state index in [0.717, 1.165) is 6.54 Å². The van der Waals surface area contributed by atoms with Crippen LogP contribution in [-0.2, 0) is 4.74 Å². The quantitative estimate of drug-likeness (QED) is 0.683. The number of nitrogens with zero attached hydrogens (tertiary/aromatic N) is 1. The average molecular weight is 315 g/mol. The fourth-order valence-corrected chi connectivity index (χ4v) is 2.51. The number of rotatable bonds is 4. The van der Waals surface area contributed by atoms with Gasteiger partial charge in [0, 0.05) is 25.2 Å². The highest BCUT2D eigenvalue weighted by molar-refractivity contribution is 6.32. The maximum atomic E-state index is 10.8. The van der Waals surface area contributed by atoms with E-state index in [0.29, 0.717) is 24.5 Å². The van der Waals surface area contributed by atoms with Crippen molar-refractivity contribution in [3.63, 3.8) is 0 Å². The van der Waals surface area contributed by atoms with E-state index in [1.165, 1.54) is 12.1 Å². The lowest BCUT2D eigenvalue weighted by molar-refractivity contribution is -0.384. The van der Waals surface area contributed by atoms with Crippen LogP contribution < -0.4 is 10.1 Å². The number of ether oxygens (including phenoxy) is 2. The molecule has 0 saturated carbocycles. The first-order valence-electron chi connectivity index (χ1n) is 6.74. The molecule has 1 unspecified atom stereocenters. The third-order valence-electron chi connectivity index (χ3n) is 3.27. The molecule has 0 aromatic heterocycles. The fourth-order valence-electron chi connectivity index (χ4n) is 2.29. The summed E-state index contributed by atoms with van der Waals surface area (Å²) in [6.07, 6.45) is -0.0675. The monoisotopic (exact) mass is 314 g/mol. The summed E-state index contributed by atoms with van der Waals surface area (Å²) in [6, 6.07) is 2.90. The third kappa shape index (κ3) is 4.06. The van der Waals surface area contributed by atoms with Crippen LogP contribution in [0.25, 0.3) is 0 Å². The average Bonchev–Trinajstić information content (AvgIpc) is 2.38. The summed E-state index contributed by atoms with van der Waals surface area (Å²) in [5, 5.41) is 14.2. The van der Waals surface area contributed by atoms with Crippen LogP contribution in [0.2, 0.25) is 5.02 Å². The van der Waals surface area contributed by atoms with Gasteiger partial charge in [0.05, 0.1) is 10.5 Å². The minimum Gasteiger partial charge on any atom is -0.490 e. The molecule has 1 saturated heterocycles. The van der Waals surface area contributed by atoms with E-state index in [1.807, 2.05) is 13.8 Å². The molecule has 1 aliphatic heterocycles. The third-order valence-corrected chi connectivity index (χ3v) is 3.58. The maximum absolute atomic E-state index is 10.8. The molecule has 7 heteroatoms. The molecule has 6 nitrogen and oxygen atoms in total. The molecule has 0 radical (unpaired) electrons. The smallest absolute Gasteiger partial charge is 0.288 e. The molecule has 21 heavy (non-hydrogen) atoms. The highest BCUT2D eigenvalue weighted by Crippen LogP contribution is 2.32. The standard InChI is InChI=1S/C14H19ClN2O4/c1-9-4-12(17(18)19)11(15)5-13(9)20-7-10-6-16-8-14(2,3)21-10/h4-5,10,16H,6-8H2,1-3H3. The molecular formula is C14H19ClN2O4. The predicted molar refractivity (Wildman–Crippen MR) is 80.2 cm³/mol. The zero-order valence-corrected chi connectivity index (χ0v) is 13.1. The van der Waals surface area contributed by atoms with Gasteiger partial charge in [0.25, 0.3) is 5.69 Å². The van der Waals surface area contributed by atoms with Gasteiger partial charge >= 0.3 is 0 Å². The SMILES string of the molecule is Cc1cc([N+](=O)[O-])c(Cl)cc1OCC1CNCC(C)(C)O1. The Kier molecular flexibility index (Phi) is 4.70. The Balaban J connectivity index is 2.03. The van der Waals surface area contributed by atoms with Crippen LogP contribution in [-0.4, -0.2) is 36.3 Å². The molecule has 0 aliphatic carbocycles. The van der Waals surface area contributed by atoms with Crippen molar-refractivity contribution < 1.29 is 14.4 Å². The molecule has 1 heterocycles. The molecule has 0 bridgehead atoms. The Labute approximate surface area is 128 Å². The van der Waals surface area contributed by atoms with Gasteiger partial charge in [0.15, 0.2) is 0 Å². The Morgan fingerprint density at radius 3 is 2.90 bits per heavy atom. The van der Waals surface area contributed by atoms with E-state index in [4.69, 9.17) is 21.1 Å². The first kappa shape index (κ1) is 16.0. The minimum absolute atomic E-state index is 0.0675. The Hall–Kier alpha value is -1.37. The molecule has 2 rings (SSSR count). The van der Waals surface area contributed by atoms with Crippen LogP contribution in [0.15, 0.2) is 12.1 Å². The largest absolute Gasteiger partial charge is 0.490 e. The number of nitro benzene ring substituents is 1. The van der Waals surface area contributed by atoms with Gasteiger partial charge in [-0.15, -0.1) is 0 Å². The second kappa shape index (κ2) is 6.17. The molecule has 1 aromatic carbocycles. The van der Waals surface area contributed by atoms with Crippen molar-refractivity contribution in [3.8, 4) is 5.75 Å². The Morgan fingerprint density at radius 1 is 1.57 bits per heavy atom. The van der Waals surface area contributed by atoms with Crippen molar-refractivity contribution in [1.82, 2.24) is 5.32 Å². The Morgan fingerprint density at radius 2 is 2.29 bits per heavy atom. The summed E-state index contributed by atoms with van der Waals surface area (Å²) in [7, 11) is 0. The first-order valence-corrected chi connectivity index (χ1v) is 7.12. The molecular weight excluding hydrogens is 296 g/mol. The van der Waals surface area contributed by atoms with Crippen LogP contribution in [0.5, 0.6) is 5.75 Å². The molecule has 116 valence electrons. The molecule has 0 amide bonds. The van der Waals surface area contributed by atoms with Crippen molar-refractivity contribution >= 4 is 17.3 Å². The highest BCUT2D eigenvalue weighted by atomic mass is 35.5. The van der Waals surface area contributed by atoms with Crippen LogP contribution >= 0.6 is 11.6 Å². The first-order chi connectivity index (χ1) is 9.78. The summed E-state index contributed by atoms with van der Waals surface area (Å²) in [5.74, 6) is 0.539. The second-order valence-corrected chi connectivity index (χ2v) is 6.17. The number of hydrogen-bond donors (Lipinski definition) is 1. The Bertz CT molecular complexity index is 548. The van der Waals surface area contributed by atoms with Crippen LogP contribution in [0, 0.1) is 17.0 Å². The van der Waals surface area contributed by atoms with Crippen LogP contribution in [0.4, 0.5) is 5.69 Å². The van der Waals surface area contributed by atoms with Crippen LogP contribution in [0.1, 0.15) is 19.4 Å². The van der Waals surface area contributed by atoms with Crippen molar-refractivity contribution in [2.24, 2.45) is 0 Å². The van der Waals surface area contributed by atoms with Gasteiger partial charge in [-0.05, 0) is 26.3 Å². The lowest BCUT2D eigenvalue weighted by Crippen LogP contribution is -2.52. The zero-order valence-electron chi connectivity index (χ0n) is 12.3. The van der Waals surface area contributed by atoms with Crippen LogP contribution in [0.3, 0.4) is 0 Å². The highest BCUT2D eigenvalue weighted by Gasteiger charge is 2.28. The van der Waals surface area contributed by atoms with Gasteiger partial charge < -0.3 is 14.8 Å². The number of morpholine rings is 1. The summed E-state index contributed by atoms with van der Waals surface area (Å²) < 4.78 is 11.6. The van der Waals surface area contributed by atoms with E-state index in [1.54, 1.807) is 6.92 Å². The van der Waals surface area contributed by atoms with Gasteiger partial charge in [0.2, 0.25) is 0 Å².